The number of amides is 1. The summed E-state index contributed by atoms with van der Waals surface area (Å²) in [6, 6.07) is 13.4. The van der Waals surface area contributed by atoms with E-state index in [9.17, 15) is 14.9 Å². The molecule has 0 bridgehead atoms. The van der Waals surface area contributed by atoms with Crippen molar-refractivity contribution in [3.63, 3.8) is 0 Å². The van der Waals surface area contributed by atoms with Crippen molar-refractivity contribution in [1.29, 1.82) is 0 Å². The summed E-state index contributed by atoms with van der Waals surface area (Å²) >= 11 is 0. The molecule has 0 aliphatic heterocycles. The van der Waals surface area contributed by atoms with Crippen LogP contribution in [0.5, 0.6) is 0 Å². The number of carbonyl (C=O) groups is 1. The molecule has 6 nitrogen and oxygen atoms in total. The molecule has 0 saturated carbocycles. The molecule has 2 aromatic carbocycles. The first-order valence-electron chi connectivity index (χ1n) is 7.69. The molecule has 1 amide bonds. The number of nitrogens with one attached hydrogen (secondary N) is 1. The van der Waals surface area contributed by atoms with E-state index in [1.807, 2.05) is 26.0 Å². The third kappa shape index (κ3) is 4.49. The molecule has 1 N–H and O–H groups in total. The van der Waals surface area contributed by atoms with Gasteiger partial charge in [-0.2, -0.15) is 5.10 Å². The van der Waals surface area contributed by atoms with E-state index >= 15 is 0 Å². The van der Waals surface area contributed by atoms with E-state index in [0.717, 1.165) is 12.0 Å². The maximum Gasteiger partial charge on any atom is 0.271 e. The van der Waals surface area contributed by atoms with Crippen LogP contribution in [0.2, 0.25) is 0 Å². The summed E-state index contributed by atoms with van der Waals surface area (Å²) in [6.07, 6.45) is 1.41. The summed E-state index contributed by atoms with van der Waals surface area (Å²) < 4.78 is 0. The molecule has 2 rings (SSSR count). The predicted molar refractivity (Wildman–Crippen MR) is 93.2 cm³/mol. The van der Waals surface area contributed by atoms with Crippen LogP contribution >= 0.6 is 0 Å². The highest BCUT2D eigenvalue weighted by molar-refractivity contribution is 6.02. The fourth-order valence-electron chi connectivity index (χ4n) is 2.19. The molecule has 0 unspecified atom stereocenters. The number of hydrogen-bond donors (Lipinski definition) is 1. The first-order valence-corrected chi connectivity index (χ1v) is 7.69. The smallest absolute Gasteiger partial charge is 0.267 e. The first-order chi connectivity index (χ1) is 11.5. The lowest BCUT2D eigenvalue weighted by Gasteiger charge is -2.07. The van der Waals surface area contributed by atoms with Crippen molar-refractivity contribution in [1.82, 2.24) is 5.43 Å². The number of hydrogen-bond acceptors (Lipinski definition) is 4. The van der Waals surface area contributed by atoms with Crippen molar-refractivity contribution in [2.24, 2.45) is 5.10 Å². The molecule has 0 aromatic heterocycles. The Balaban J connectivity index is 2.21. The minimum Gasteiger partial charge on any atom is -0.267 e. The Morgan fingerprint density at radius 2 is 1.88 bits per heavy atom. The molecule has 2 aromatic rings. The van der Waals surface area contributed by atoms with Crippen molar-refractivity contribution in [3.8, 4) is 0 Å². The molecular weight excluding hydrogens is 306 g/mol. The molecule has 24 heavy (non-hydrogen) atoms. The summed E-state index contributed by atoms with van der Waals surface area (Å²) in [6.45, 7) is 3.93. The lowest BCUT2D eigenvalue weighted by atomic mass is 10.1. The van der Waals surface area contributed by atoms with E-state index in [4.69, 9.17) is 0 Å². The van der Waals surface area contributed by atoms with E-state index in [2.05, 4.69) is 10.5 Å². The Kier molecular flexibility index (Phi) is 5.78. The third-order valence-corrected chi connectivity index (χ3v) is 3.48. The summed E-state index contributed by atoms with van der Waals surface area (Å²) in [5.74, 6) is -0.311. The number of aryl methyl sites for hydroxylation is 1. The summed E-state index contributed by atoms with van der Waals surface area (Å²) in [5.41, 5.74) is 5.36. The van der Waals surface area contributed by atoms with Crippen molar-refractivity contribution < 1.29 is 9.72 Å². The Morgan fingerprint density at radius 1 is 1.17 bits per heavy atom. The highest BCUT2D eigenvalue weighted by atomic mass is 16.6. The first kappa shape index (κ1) is 17.3. The van der Waals surface area contributed by atoms with Gasteiger partial charge in [-0.25, -0.2) is 5.43 Å². The molecule has 0 radical (unpaired) electrons. The van der Waals surface area contributed by atoms with Gasteiger partial charge in [-0.3, -0.25) is 14.9 Å². The average Bonchev–Trinajstić information content (AvgIpc) is 2.59. The molecular formula is C18H19N3O3. The summed E-state index contributed by atoms with van der Waals surface area (Å²) in [4.78, 5) is 22.6. The Hall–Kier alpha value is -3.02. The van der Waals surface area contributed by atoms with Crippen LogP contribution in [0.3, 0.4) is 0 Å². The van der Waals surface area contributed by atoms with Crippen molar-refractivity contribution in [3.05, 3.63) is 75.3 Å². The summed E-state index contributed by atoms with van der Waals surface area (Å²) in [5, 5.41) is 15.1. The van der Waals surface area contributed by atoms with E-state index in [1.54, 1.807) is 24.3 Å². The fraction of sp³-hybridized carbons (Fsp3) is 0.222. The minimum absolute atomic E-state index is 0.00108. The molecule has 0 atom stereocenters. The van der Waals surface area contributed by atoms with Gasteiger partial charge in [0.15, 0.2) is 0 Å². The summed E-state index contributed by atoms with van der Waals surface area (Å²) in [7, 11) is 0. The van der Waals surface area contributed by atoms with Crippen molar-refractivity contribution in [2.75, 3.05) is 0 Å². The molecule has 124 valence electrons. The lowest BCUT2D eigenvalue weighted by Crippen LogP contribution is -2.20. The maximum atomic E-state index is 12.1. The Bertz CT molecular complexity index is 767. The third-order valence-electron chi connectivity index (χ3n) is 3.48. The quantitative estimate of drug-likeness (QED) is 0.497. The van der Waals surface area contributed by atoms with Crippen LogP contribution in [0.1, 0.15) is 41.3 Å². The molecule has 0 aliphatic rings. The topological polar surface area (TPSA) is 84.6 Å². The van der Waals surface area contributed by atoms with Crippen molar-refractivity contribution in [2.45, 2.75) is 26.7 Å². The van der Waals surface area contributed by atoms with Gasteiger partial charge in [0, 0.05) is 23.3 Å². The van der Waals surface area contributed by atoms with Gasteiger partial charge in [0.1, 0.15) is 0 Å². The van der Waals surface area contributed by atoms with Crippen LogP contribution in [0.25, 0.3) is 0 Å². The number of benzene rings is 2. The van der Waals surface area contributed by atoms with Gasteiger partial charge >= 0.3 is 0 Å². The van der Waals surface area contributed by atoms with Crippen LogP contribution in [-0.2, 0) is 0 Å². The van der Waals surface area contributed by atoms with Gasteiger partial charge in [0.05, 0.1) is 10.6 Å². The van der Waals surface area contributed by atoms with E-state index in [0.29, 0.717) is 23.3 Å². The second kappa shape index (κ2) is 8.01. The zero-order chi connectivity index (χ0) is 17.5. The van der Waals surface area contributed by atoms with Crippen LogP contribution < -0.4 is 5.43 Å². The Labute approximate surface area is 140 Å². The number of rotatable bonds is 6. The van der Waals surface area contributed by atoms with Gasteiger partial charge < -0.3 is 0 Å². The van der Waals surface area contributed by atoms with E-state index < -0.39 is 4.92 Å². The van der Waals surface area contributed by atoms with Crippen LogP contribution in [0.15, 0.2) is 53.6 Å². The SMILES string of the molecule is CCC/C(=N/NC(=O)c1ccc(C)cc1)c1cccc([N+](=O)[O-])c1. The van der Waals surface area contributed by atoms with Crippen LogP contribution in [0.4, 0.5) is 5.69 Å². The maximum absolute atomic E-state index is 12.1. The van der Waals surface area contributed by atoms with Crippen LogP contribution in [0, 0.1) is 17.0 Å². The number of carbonyl (C=O) groups excluding carboxylic acids is 1. The monoisotopic (exact) mass is 325 g/mol. The highest BCUT2D eigenvalue weighted by Gasteiger charge is 2.11. The molecule has 6 heteroatoms. The molecule has 0 spiro atoms. The zero-order valence-electron chi connectivity index (χ0n) is 13.7. The van der Waals surface area contributed by atoms with E-state index in [-0.39, 0.29) is 11.6 Å². The lowest BCUT2D eigenvalue weighted by molar-refractivity contribution is -0.384. The predicted octanol–water partition coefficient (Wildman–Crippen LogP) is 3.84. The molecule has 0 heterocycles. The number of nitro benzene ring substituents is 1. The standard InChI is InChI=1S/C18H19N3O3/c1-3-5-17(15-6-4-7-16(12-15)21(23)24)19-20-18(22)14-10-8-13(2)9-11-14/h4,6-12H,3,5H2,1-2H3,(H,20,22)/b19-17-. The number of non-ortho nitro benzene ring substituents is 1. The Morgan fingerprint density at radius 3 is 2.50 bits per heavy atom. The van der Waals surface area contributed by atoms with Gasteiger partial charge in [0.25, 0.3) is 11.6 Å². The average molecular weight is 325 g/mol. The highest BCUT2D eigenvalue weighted by Crippen LogP contribution is 2.15. The van der Waals surface area contributed by atoms with Crippen LogP contribution in [-0.4, -0.2) is 16.5 Å². The molecule has 0 saturated heterocycles. The van der Waals surface area contributed by atoms with Crippen molar-refractivity contribution >= 4 is 17.3 Å². The number of nitrogens with zero attached hydrogens (tertiary/aromatic N) is 2. The minimum atomic E-state index is -0.446. The zero-order valence-corrected chi connectivity index (χ0v) is 13.7. The van der Waals surface area contributed by atoms with Gasteiger partial charge in [-0.15, -0.1) is 0 Å². The number of hydrazone groups is 1. The van der Waals surface area contributed by atoms with Gasteiger partial charge in [-0.05, 0) is 25.5 Å². The molecule has 0 fully saturated rings. The normalized spacial score (nSPS) is 11.2. The largest absolute Gasteiger partial charge is 0.271 e. The fourth-order valence-corrected chi connectivity index (χ4v) is 2.19. The second-order valence-corrected chi connectivity index (χ2v) is 5.42. The van der Waals surface area contributed by atoms with Gasteiger partial charge in [0.2, 0.25) is 0 Å². The molecule has 0 aliphatic carbocycles. The van der Waals surface area contributed by atoms with Gasteiger partial charge in [-0.1, -0.05) is 43.2 Å². The van der Waals surface area contributed by atoms with E-state index in [1.165, 1.54) is 12.1 Å². The second-order valence-electron chi connectivity index (χ2n) is 5.42. The number of nitro groups is 1.